The number of hydrogen-bond donors (Lipinski definition) is 2. The van der Waals surface area contributed by atoms with Crippen LogP contribution >= 0.6 is 0 Å². The minimum atomic E-state index is -0.137. The van der Waals surface area contributed by atoms with Crippen molar-refractivity contribution in [2.24, 2.45) is 11.1 Å². The van der Waals surface area contributed by atoms with Crippen LogP contribution in [0.1, 0.15) is 26.2 Å². The standard InChI is InChI=1S/C12H24N2O2/c1-11(2-5-15-6-3-11)8-14-9-12(13)4-7-16-10-12/h14H,2-10,13H2,1H3. The predicted octanol–water partition coefficient (Wildman–Crippen LogP) is 0.511. The Hall–Kier alpha value is -0.160. The fraction of sp³-hybridized carbons (Fsp3) is 1.00. The zero-order valence-electron chi connectivity index (χ0n) is 10.3. The van der Waals surface area contributed by atoms with Crippen LogP contribution in [0.15, 0.2) is 0 Å². The van der Waals surface area contributed by atoms with Crippen LogP contribution < -0.4 is 11.1 Å². The highest BCUT2D eigenvalue weighted by molar-refractivity contribution is 4.91. The van der Waals surface area contributed by atoms with Crippen molar-refractivity contribution in [3.8, 4) is 0 Å². The van der Waals surface area contributed by atoms with Crippen molar-refractivity contribution in [1.82, 2.24) is 5.32 Å². The molecule has 2 saturated heterocycles. The Morgan fingerprint density at radius 2 is 1.75 bits per heavy atom. The van der Waals surface area contributed by atoms with Crippen molar-refractivity contribution in [2.75, 3.05) is 39.5 Å². The number of rotatable bonds is 4. The summed E-state index contributed by atoms with van der Waals surface area (Å²) in [5, 5.41) is 3.52. The first kappa shape index (κ1) is 12.3. The van der Waals surface area contributed by atoms with Gasteiger partial charge in [0.1, 0.15) is 0 Å². The quantitative estimate of drug-likeness (QED) is 0.736. The molecule has 16 heavy (non-hydrogen) atoms. The molecule has 2 fully saturated rings. The lowest BCUT2D eigenvalue weighted by molar-refractivity contribution is 0.0235. The molecule has 1 unspecified atom stereocenters. The normalized spacial score (nSPS) is 34.1. The van der Waals surface area contributed by atoms with Crippen LogP contribution in [0.25, 0.3) is 0 Å². The van der Waals surface area contributed by atoms with Crippen molar-refractivity contribution in [3.05, 3.63) is 0 Å². The Labute approximate surface area is 97.9 Å². The molecule has 2 aliphatic rings. The molecule has 94 valence electrons. The number of nitrogens with one attached hydrogen (secondary N) is 1. The second-order valence-electron chi connectivity index (χ2n) is 5.69. The van der Waals surface area contributed by atoms with Gasteiger partial charge in [0.2, 0.25) is 0 Å². The maximum absolute atomic E-state index is 6.21. The molecule has 2 rings (SSSR count). The Bertz CT molecular complexity index is 221. The summed E-state index contributed by atoms with van der Waals surface area (Å²) in [4.78, 5) is 0. The molecule has 0 aliphatic carbocycles. The van der Waals surface area contributed by atoms with Gasteiger partial charge in [-0.15, -0.1) is 0 Å². The third-order valence-corrected chi connectivity index (χ3v) is 3.86. The molecule has 0 amide bonds. The molecule has 2 heterocycles. The highest BCUT2D eigenvalue weighted by Crippen LogP contribution is 2.28. The SMILES string of the molecule is CC1(CNCC2(N)CCOC2)CCOCC1. The van der Waals surface area contributed by atoms with Gasteiger partial charge in [0.25, 0.3) is 0 Å². The zero-order valence-corrected chi connectivity index (χ0v) is 10.3. The van der Waals surface area contributed by atoms with Crippen LogP contribution in [0, 0.1) is 5.41 Å². The summed E-state index contributed by atoms with van der Waals surface area (Å²) in [6.45, 7) is 7.53. The van der Waals surface area contributed by atoms with Gasteiger partial charge in [-0.2, -0.15) is 0 Å². The molecule has 0 aromatic rings. The molecule has 0 aromatic carbocycles. The van der Waals surface area contributed by atoms with Crippen LogP contribution in [0.3, 0.4) is 0 Å². The van der Waals surface area contributed by atoms with E-state index >= 15 is 0 Å². The molecule has 3 N–H and O–H groups in total. The molecule has 2 aliphatic heterocycles. The third kappa shape index (κ3) is 3.17. The first-order valence-corrected chi connectivity index (χ1v) is 6.27. The number of nitrogens with two attached hydrogens (primary N) is 1. The monoisotopic (exact) mass is 228 g/mol. The predicted molar refractivity (Wildman–Crippen MR) is 63.4 cm³/mol. The zero-order chi connectivity index (χ0) is 11.5. The third-order valence-electron chi connectivity index (χ3n) is 3.86. The van der Waals surface area contributed by atoms with E-state index in [-0.39, 0.29) is 5.54 Å². The van der Waals surface area contributed by atoms with Crippen molar-refractivity contribution in [3.63, 3.8) is 0 Å². The van der Waals surface area contributed by atoms with E-state index in [1.54, 1.807) is 0 Å². The first-order chi connectivity index (χ1) is 7.62. The van der Waals surface area contributed by atoms with E-state index in [1.807, 2.05) is 0 Å². The van der Waals surface area contributed by atoms with Gasteiger partial charge in [-0.05, 0) is 24.7 Å². The van der Waals surface area contributed by atoms with E-state index in [0.29, 0.717) is 12.0 Å². The van der Waals surface area contributed by atoms with Crippen molar-refractivity contribution in [2.45, 2.75) is 31.7 Å². The van der Waals surface area contributed by atoms with E-state index in [4.69, 9.17) is 15.2 Å². The molecule has 4 nitrogen and oxygen atoms in total. The van der Waals surface area contributed by atoms with E-state index in [9.17, 15) is 0 Å². The van der Waals surface area contributed by atoms with Gasteiger partial charge in [0, 0.05) is 32.9 Å². The molecular weight excluding hydrogens is 204 g/mol. The molecule has 1 atom stereocenters. The lowest BCUT2D eigenvalue weighted by Gasteiger charge is -2.35. The number of ether oxygens (including phenoxy) is 2. The van der Waals surface area contributed by atoms with Gasteiger partial charge in [-0.25, -0.2) is 0 Å². The second-order valence-corrected chi connectivity index (χ2v) is 5.69. The first-order valence-electron chi connectivity index (χ1n) is 6.27. The maximum atomic E-state index is 6.21. The lowest BCUT2D eigenvalue weighted by atomic mass is 9.82. The fourth-order valence-corrected chi connectivity index (χ4v) is 2.42. The van der Waals surface area contributed by atoms with Gasteiger partial charge >= 0.3 is 0 Å². The van der Waals surface area contributed by atoms with Crippen LogP contribution in [-0.2, 0) is 9.47 Å². The Morgan fingerprint density at radius 1 is 1.06 bits per heavy atom. The van der Waals surface area contributed by atoms with Gasteiger partial charge in [-0.1, -0.05) is 6.92 Å². The average Bonchev–Trinajstić information content (AvgIpc) is 2.66. The van der Waals surface area contributed by atoms with Crippen molar-refractivity contribution in [1.29, 1.82) is 0 Å². The summed E-state index contributed by atoms with van der Waals surface area (Å²) >= 11 is 0. The smallest absolute Gasteiger partial charge is 0.0659 e. The summed E-state index contributed by atoms with van der Waals surface area (Å²) in [5.41, 5.74) is 6.45. The summed E-state index contributed by atoms with van der Waals surface area (Å²) < 4.78 is 10.7. The van der Waals surface area contributed by atoms with Gasteiger partial charge in [-0.3, -0.25) is 0 Å². The lowest BCUT2D eigenvalue weighted by Crippen LogP contribution is -2.51. The van der Waals surface area contributed by atoms with E-state index in [0.717, 1.165) is 52.2 Å². The topological polar surface area (TPSA) is 56.5 Å². The largest absolute Gasteiger partial charge is 0.381 e. The molecule has 0 spiro atoms. The van der Waals surface area contributed by atoms with E-state index < -0.39 is 0 Å². The molecular formula is C12H24N2O2. The molecule has 0 radical (unpaired) electrons. The van der Waals surface area contributed by atoms with Gasteiger partial charge in [0.05, 0.1) is 12.1 Å². The summed E-state index contributed by atoms with van der Waals surface area (Å²) in [7, 11) is 0. The highest BCUT2D eigenvalue weighted by atomic mass is 16.5. The van der Waals surface area contributed by atoms with Gasteiger partial charge < -0.3 is 20.5 Å². The average molecular weight is 228 g/mol. The van der Waals surface area contributed by atoms with E-state index in [1.165, 1.54) is 0 Å². The minimum absolute atomic E-state index is 0.137. The van der Waals surface area contributed by atoms with Crippen molar-refractivity contribution < 1.29 is 9.47 Å². The van der Waals surface area contributed by atoms with Crippen LogP contribution in [-0.4, -0.2) is 45.1 Å². The van der Waals surface area contributed by atoms with Crippen LogP contribution in [0.2, 0.25) is 0 Å². The summed E-state index contributed by atoms with van der Waals surface area (Å²) in [5.74, 6) is 0. The number of hydrogen-bond acceptors (Lipinski definition) is 4. The van der Waals surface area contributed by atoms with E-state index in [2.05, 4.69) is 12.2 Å². The summed E-state index contributed by atoms with van der Waals surface area (Å²) in [6.07, 6.45) is 3.27. The molecule has 0 saturated carbocycles. The molecule has 4 heteroatoms. The highest BCUT2D eigenvalue weighted by Gasteiger charge is 2.32. The summed E-state index contributed by atoms with van der Waals surface area (Å²) in [6, 6.07) is 0. The Morgan fingerprint density at radius 3 is 2.38 bits per heavy atom. The van der Waals surface area contributed by atoms with Crippen molar-refractivity contribution >= 4 is 0 Å². The minimum Gasteiger partial charge on any atom is -0.381 e. The van der Waals surface area contributed by atoms with Crippen LogP contribution in [0.4, 0.5) is 0 Å². The van der Waals surface area contributed by atoms with Gasteiger partial charge in [0.15, 0.2) is 0 Å². The van der Waals surface area contributed by atoms with Crippen LogP contribution in [0.5, 0.6) is 0 Å². The Kier molecular flexibility index (Phi) is 3.85. The fourth-order valence-electron chi connectivity index (χ4n) is 2.42. The molecule has 0 aromatic heterocycles. The second kappa shape index (κ2) is 5.00. The molecule has 0 bridgehead atoms. The maximum Gasteiger partial charge on any atom is 0.0659 e. The Balaban J connectivity index is 1.70.